The minimum absolute atomic E-state index is 0.323. The predicted octanol–water partition coefficient (Wildman–Crippen LogP) is 1.99. The molecular formula is C8H12ClN3S. The van der Waals surface area contributed by atoms with E-state index in [0.29, 0.717) is 11.3 Å². The molecular weight excluding hydrogens is 206 g/mol. The average Bonchev–Trinajstić information content (AvgIpc) is 2.62. The fourth-order valence-corrected chi connectivity index (χ4v) is 2.34. The molecule has 13 heavy (non-hydrogen) atoms. The fraction of sp³-hybridized carbons (Fsp3) is 0.750. The van der Waals surface area contributed by atoms with Gasteiger partial charge in [-0.3, -0.25) is 0 Å². The van der Waals surface area contributed by atoms with Crippen LogP contribution in [0.25, 0.3) is 0 Å². The minimum atomic E-state index is 0.323. The van der Waals surface area contributed by atoms with E-state index < -0.39 is 0 Å². The van der Waals surface area contributed by atoms with E-state index in [1.54, 1.807) is 6.33 Å². The zero-order chi connectivity index (χ0) is 9.26. The summed E-state index contributed by atoms with van der Waals surface area (Å²) in [5, 5.41) is 1.35. The SMILES string of the molecule is CC1CN(c2ncns2)CCC1Cl. The van der Waals surface area contributed by atoms with Gasteiger partial charge in [0.1, 0.15) is 6.33 Å². The zero-order valence-electron chi connectivity index (χ0n) is 7.48. The van der Waals surface area contributed by atoms with E-state index in [-0.39, 0.29) is 0 Å². The van der Waals surface area contributed by atoms with E-state index in [1.807, 2.05) is 0 Å². The van der Waals surface area contributed by atoms with Crippen LogP contribution in [0.5, 0.6) is 0 Å². The Hall–Kier alpha value is -0.350. The van der Waals surface area contributed by atoms with Gasteiger partial charge in [0.25, 0.3) is 0 Å². The van der Waals surface area contributed by atoms with Gasteiger partial charge in [-0.2, -0.15) is 4.37 Å². The van der Waals surface area contributed by atoms with Crippen molar-refractivity contribution in [3.05, 3.63) is 6.33 Å². The molecule has 1 aromatic rings. The molecule has 0 N–H and O–H groups in total. The molecule has 0 aliphatic carbocycles. The summed E-state index contributed by atoms with van der Waals surface area (Å²) in [4.78, 5) is 6.45. The number of alkyl halides is 1. The maximum absolute atomic E-state index is 6.13. The molecule has 1 fully saturated rings. The molecule has 72 valence electrons. The first kappa shape index (κ1) is 9.21. The van der Waals surface area contributed by atoms with Crippen molar-refractivity contribution in [2.75, 3.05) is 18.0 Å². The summed E-state index contributed by atoms with van der Waals surface area (Å²) < 4.78 is 4.00. The van der Waals surface area contributed by atoms with E-state index >= 15 is 0 Å². The highest BCUT2D eigenvalue weighted by molar-refractivity contribution is 7.09. The van der Waals surface area contributed by atoms with Crippen molar-refractivity contribution in [1.29, 1.82) is 0 Å². The Morgan fingerprint density at radius 1 is 1.69 bits per heavy atom. The quantitative estimate of drug-likeness (QED) is 0.674. The highest BCUT2D eigenvalue weighted by Gasteiger charge is 2.25. The molecule has 2 unspecified atom stereocenters. The Kier molecular flexibility index (Phi) is 2.69. The van der Waals surface area contributed by atoms with Crippen molar-refractivity contribution < 1.29 is 0 Å². The molecule has 5 heteroatoms. The number of hydrogen-bond donors (Lipinski definition) is 0. The van der Waals surface area contributed by atoms with Gasteiger partial charge in [-0.05, 0) is 12.3 Å². The first-order valence-electron chi connectivity index (χ1n) is 4.43. The number of aromatic nitrogens is 2. The smallest absolute Gasteiger partial charge is 0.204 e. The van der Waals surface area contributed by atoms with Crippen molar-refractivity contribution in [3.63, 3.8) is 0 Å². The largest absolute Gasteiger partial charge is 0.346 e. The lowest BCUT2D eigenvalue weighted by Gasteiger charge is -2.33. The molecule has 1 aliphatic rings. The van der Waals surface area contributed by atoms with Gasteiger partial charge in [-0.15, -0.1) is 11.6 Å². The number of hydrogen-bond acceptors (Lipinski definition) is 4. The Morgan fingerprint density at radius 2 is 2.54 bits per heavy atom. The van der Waals surface area contributed by atoms with Crippen molar-refractivity contribution in [2.45, 2.75) is 18.7 Å². The van der Waals surface area contributed by atoms with Crippen LogP contribution < -0.4 is 4.90 Å². The Morgan fingerprint density at radius 3 is 3.15 bits per heavy atom. The van der Waals surface area contributed by atoms with Gasteiger partial charge in [-0.25, -0.2) is 4.98 Å². The molecule has 0 bridgehead atoms. The summed E-state index contributed by atoms with van der Waals surface area (Å²) in [5.41, 5.74) is 0. The maximum atomic E-state index is 6.13. The minimum Gasteiger partial charge on any atom is -0.346 e. The average molecular weight is 218 g/mol. The van der Waals surface area contributed by atoms with Gasteiger partial charge in [0.05, 0.1) is 0 Å². The van der Waals surface area contributed by atoms with Crippen LogP contribution in [0.1, 0.15) is 13.3 Å². The van der Waals surface area contributed by atoms with Crippen molar-refractivity contribution in [3.8, 4) is 0 Å². The lowest BCUT2D eigenvalue weighted by molar-refractivity contribution is 0.454. The molecule has 0 aromatic carbocycles. The molecule has 1 aliphatic heterocycles. The lowest BCUT2D eigenvalue weighted by Crippen LogP contribution is -2.39. The Balaban J connectivity index is 2.03. The van der Waals surface area contributed by atoms with Crippen molar-refractivity contribution in [1.82, 2.24) is 9.36 Å². The second-order valence-electron chi connectivity index (χ2n) is 3.45. The molecule has 0 amide bonds. The summed E-state index contributed by atoms with van der Waals surface area (Å²) in [7, 11) is 0. The summed E-state index contributed by atoms with van der Waals surface area (Å²) >= 11 is 7.59. The third-order valence-electron chi connectivity index (χ3n) is 2.42. The molecule has 2 rings (SSSR count). The summed E-state index contributed by atoms with van der Waals surface area (Å²) in [6, 6.07) is 0. The third kappa shape index (κ3) is 1.94. The van der Waals surface area contributed by atoms with Crippen LogP contribution in [0.3, 0.4) is 0 Å². The van der Waals surface area contributed by atoms with E-state index in [4.69, 9.17) is 11.6 Å². The van der Waals surface area contributed by atoms with Crippen LogP contribution in [0.15, 0.2) is 6.33 Å². The van der Waals surface area contributed by atoms with Crippen molar-refractivity contribution in [2.24, 2.45) is 5.92 Å². The molecule has 2 heterocycles. The van der Waals surface area contributed by atoms with Gasteiger partial charge < -0.3 is 4.90 Å². The highest BCUT2D eigenvalue weighted by atomic mass is 35.5. The Bertz CT molecular complexity index is 264. The number of halogens is 1. The fourth-order valence-electron chi connectivity index (χ4n) is 1.60. The number of piperidine rings is 1. The first-order chi connectivity index (χ1) is 6.27. The van der Waals surface area contributed by atoms with Gasteiger partial charge >= 0.3 is 0 Å². The molecule has 2 atom stereocenters. The standard InChI is InChI=1S/C8H12ClN3S/c1-6-4-12(3-2-7(6)9)8-10-5-11-13-8/h5-7H,2-4H2,1H3. The molecule has 0 spiro atoms. The molecule has 1 saturated heterocycles. The molecule has 0 saturated carbocycles. The van der Waals surface area contributed by atoms with Gasteiger partial charge in [0.15, 0.2) is 0 Å². The highest BCUT2D eigenvalue weighted by Crippen LogP contribution is 2.26. The molecule has 1 aromatic heterocycles. The summed E-state index contributed by atoms with van der Waals surface area (Å²) in [6.45, 7) is 4.20. The lowest BCUT2D eigenvalue weighted by atomic mass is 10.0. The first-order valence-corrected chi connectivity index (χ1v) is 5.64. The monoisotopic (exact) mass is 217 g/mol. The second kappa shape index (κ2) is 3.80. The van der Waals surface area contributed by atoms with Crippen LogP contribution >= 0.6 is 23.1 Å². The second-order valence-corrected chi connectivity index (χ2v) is 4.77. The molecule has 3 nitrogen and oxygen atoms in total. The number of anilines is 1. The van der Waals surface area contributed by atoms with E-state index in [9.17, 15) is 0 Å². The van der Waals surface area contributed by atoms with Crippen LogP contribution in [0.4, 0.5) is 5.13 Å². The summed E-state index contributed by atoms with van der Waals surface area (Å²) in [5.74, 6) is 0.541. The van der Waals surface area contributed by atoms with Crippen molar-refractivity contribution >= 4 is 28.3 Å². The predicted molar refractivity (Wildman–Crippen MR) is 55.5 cm³/mol. The van der Waals surface area contributed by atoms with Crippen LogP contribution in [-0.2, 0) is 0 Å². The van der Waals surface area contributed by atoms with Gasteiger partial charge in [0, 0.05) is 30.0 Å². The third-order valence-corrected chi connectivity index (χ3v) is 3.80. The van der Waals surface area contributed by atoms with Crippen LogP contribution in [-0.4, -0.2) is 27.8 Å². The van der Waals surface area contributed by atoms with Crippen LogP contribution in [0.2, 0.25) is 0 Å². The van der Waals surface area contributed by atoms with E-state index in [1.165, 1.54) is 11.5 Å². The van der Waals surface area contributed by atoms with E-state index in [0.717, 1.165) is 24.6 Å². The van der Waals surface area contributed by atoms with Gasteiger partial charge in [-0.1, -0.05) is 6.92 Å². The Labute approximate surface area is 86.9 Å². The normalized spacial score (nSPS) is 29.2. The van der Waals surface area contributed by atoms with Gasteiger partial charge in [0.2, 0.25) is 5.13 Å². The topological polar surface area (TPSA) is 29.0 Å². The number of nitrogens with zero attached hydrogens (tertiary/aromatic N) is 3. The zero-order valence-corrected chi connectivity index (χ0v) is 9.05. The van der Waals surface area contributed by atoms with E-state index in [2.05, 4.69) is 21.2 Å². The summed E-state index contributed by atoms with van der Waals surface area (Å²) in [6.07, 6.45) is 2.65. The maximum Gasteiger partial charge on any atom is 0.204 e. The van der Waals surface area contributed by atoms with Crippen LogP contribution in [0, 0.1) is 5.92 Å². The molecule has 0 radical (unpaired) electrons. The number of rotatable bonds is 1.